The van der Waals surface area contributed by atoms with Gasteiger partial charge in [0.25, 0.3) is 0 Å². The summed E-state index contributed by atoms with van der Waals surface area (Å²) < 4.78 is 10.3. The van der Waals surface area contributed by atoms with Gasteiger partial charge >= 0.3 is 5.97 Å². The first-order valence-electron chi connectivity index (χ1n) is 6.89. The van der Waals surface area contributed by atoms with Crippen molar-refractivity contribution < 1.29 is 14.3 Å². The second-order valence-corrected chi connectivity index (χ2v) is 5.85. The average molecular weight is 279 g/mol. The highest BCUT2D eigenvalue weighted by atomic mass is 16.5. The predicted octanol–water partition coefficient (Wildman–Crippen LogP) is 2.43. The van der Waals surface area contributed by atoms with Crippen LogP contribution in [0.5, 0.6) is 5.75 Å². The number of carbonyl (C=O) groups is 1. The van der Waals surface area contributed by atoms with Crippen LogP contribution in [0, 0.1) is 0 Å². The number of methoxy groups -OCH3 is 1. The summed E-state index contributed by atoms with van der Waals surface area (Å²) in [5, 5.41) is 0. The van der Waals surface area contributed by atoms with Crippen LogP contribution >= 0.6 is 0 Å². The second kappa shape index (κ2) is 6.75. The Kier molecular flexibility index (Phi) is 5.57. The Hall–Kier alpha value is -1.55. The van der Waals surface area contributed by atoms with Gasteiger partial charge in [-0.3, -0.25) is 4.79 Å². The van der Waals surface area contributed by atoms with E-state index in [1.807, 2.05) is 12.1 Å². The maximum Gasteiger partial charge on any atom is 0.323 e. The van der Waals surface area contributed by atoms with E-state index >= 15 is 0 Å². The highest BCUT2D eigenvalue weighted by molar-refractivity contribution is 5.75. The van der Waals surface area contributed by atoms with E-state index in [1.165, 1.54) is 0 Å². The van der Waals surface area contributed by atoms with E-state index in [0.717, 1.165) is 16.9 Å². The highest BCUT2D eigenvalue weighted by Gasteiger charge is 2.21. The Balaban J connectivity index is 2.95. The Morgan fingerprint density at radius 2 is 2.00 bits per heavy atom. The van der Waals surface area contributed by atoms with Gasteiger partial charge in [-0.2, -0.15) is 0 Å². The summed E-state index contributed by atoms with van der Waals surface area (Å²) in [6, 6.07) is 5.29. The van der Waals surface area contributed by atoms with Crippen molar-refractivity contribution in [2.45, 2.75) is 45.6 Å². The van der Waals surface area contributed by atoms with E-state index in [0.29, 0.717) is 13.0 Å². The van der Waals surface area contributed by atoms with Gasteiger partial charge in [-0.1, -0.05) is 32.9 Å². The smallest absolute Gasteiger partial charge is 0.323 e. The monoisotopic (exact) mass is 279 g/mol. The number of nitrogens with two attached hydrogens (primary N) is 1. The maximum atomic E-state index is 11.6. The molecule has 0 amide bonds. The highest BCUT2D eigenvalue weighted by Crippen LogP contribution is 2.32. The third-order valence-corrected chi connectivity index (χ3v) is 3.12. The normalized spacial score (nSPS) is 12.9. The third-order valence-electron chi connectivity index (χ3n) is 3.12. The quantitative estimate of drug-likeness (QED) is 0.841. The minimum atomic E-state index is -0.629. The fourth-order valence-corrected chi connectivity index (χ4v) is 2.05. The van der Waals surface area contributed by atoms with Crippen molar-refractivity contribution in [1.29, 1.82) is 0 Å². The first kappa shape index (κ1) is 16.5. The molecule has 0 saturated carbocycles. The van der Waals surface area contributed by atoms with Crippen LogP contribution in [-0.4, -0.2) is 25.7 Å². The second-order valence-electron chi connectivity index (χ2n) is 5.85. The lowest BCUT2D eigenvalue weighted by atomic mass is 9.84. The molecule has 0 spiro atoms. The topological polar surface area (TPSA) is 61.5 Å². The fraction of sp³-hybridized carbons (Fsp3) is 0.562. The summed E-state index contributed by atoms with van der Waals surface area (Å²) in [5.74, 6) is 0.492. The summed E-state index contributed by atoms with van der Waals surface area (Å²) in [6.07, 6.45) is 0.464. The van der Waals surface area contributed by atoms with Crippen LogP contribution in [0.1, 0.15) is 38.8 Å². The molecule has 0 bridgehead atoms. The minimum Gasteiger partial charge on any atom is -0.496 e. The van der Waals surface area contributed by atoms with Crippen LogP contribution in [0.25, 0.3) is 0 Å². The van der Waals surface area contributed by atoms with Crippen molar-refractivity contribution in [2.24, 2.45) is 5.73 Å². The van der Waals surface area contributed by atoms with E-state index < -0.39 is 6.04 Å². The van der Waals surface area contributed by atoms with Gasteiger partial charge in [-0.05, 0) is 36.0 Å². The van der Waals surface area contributed by atoms with E-state index in [-0.39, 0.29) is 11.4 Å². The van der Waals surface area contributed by atoms with Gasteiger partial charge < -0.3 is 15.2 Å². The SMILES string of the molecule is CCOC(=O)C(N)Cc1ccc(OC)c(C(C)(C)C)c1. The van der Waals surface area contributed by atoms with Gasteiger partial charge in [-0.15, -0.1) is 0 Å². The van der Waals surface area contributed by atoms with Crippen molar-refractivity contribution in [2.75, 3.05) is 13.7 Å². The average Bonchev–Trinajstić information content (AvgIpc) is 2.37. The molecule has 0 heterocycles. The molecule has 0 aliphatic heterocycles. The molecule has 0 saturated heterocycles. The van der Waals surface area contributed by atoms with Gasteiger partial charge in [0.1, 0.15) is 11.8 Å². The molecule has 0 fully saturated rings. The third kappa shape index (κ3) is 4.23. The molecule has 1 aromatic carbocycles. The van der Waals surface area contributed by atoms with E-state index in [1.54, 1.807) is 14.0 Å². The number of hydrogen-bond acceptors (Lipinski definition) is 4. The lowest BCUT2D eigenvalue weighted by Gasteiger charge is -2.23. The lowest BCUT2D eigenvalue weighted by molar-refractivity contribution is -0.144. The molecule has 1 atom stereocenters. The molecule has 0 aliphatic carbocycles. The maximum absolute atomic E-state index is 11.6. The molecular formula is C16H25NO3. The van der Waals surface area contributed by atoms with Crippen molar-refractivity contribution in [1.82, 2.24) is 0 Å². The Morgan fingerprint density at radius 3 is 2.50 bits per heavy atom. The molecule has 2 N–H and O–H groups in total. The molecule has 20 heavy (non-hydrogen) atoms. The van der Waals surface area contributed by atoms with Crippen LogP contribution in [0.15, 0.2) is 18.2 Å². The summed E-state index contributed by atoms with van der Waals surface area (Å²) >= 11 is 0. The van der Waals surface area contributed by atoms with Crippen LogP contribution in [0.2, 0.25) is 0 Å². The lowest BCUT2D eigenvalue weighted by Crippen LogP contribution is -2.34. The first-order valence-corrected chi connectivity index (χ1v) is 6.89. The molecular weight excluding hydrogens is 254 g/mol. The van der Waals surface area contributed by atoms with Crippen LogP contribution in [0.3, 0.4) is 0 Å². The summed E-state index contributed by atoms with van der Waals surface area (Å²) in [6.45, 7) is 8.50. The zero-order chi connectivity index (χ0) is 15.3. The van der Waals surface area contributed by atoms with E-state index in [4.69, 9.17) is 15.2 Å². The first-order chi connectivity index (χ1) is 9.29. The Labute approximate surface area is 121 Å². The number of benzene rings is 1. The van der Waals surface area contributed by atoms with Crippen LogP contribution in [0.4, 0.5) is 0 Å². The van der Waals surface area contributed by atoms with E-state index in [2.05, 4.69) is 26.8 Å². The van der Waals surface area contributed by atoms with Gasteiger partial charge in [0.2, 0.25) is 0 Å². The van der Waals surface area contributed by atoms with E-state index in [9.17, 15) is 4.79 Å². The zero-order valence-electron chi connectivity index (χ0n) is 13.0. The van der Waals surface area contributed by atoms with Crippen LogP contribution < -0.4 is 10.5 Å². The molecule has 1 unspecified atom stereocenters. The number of carbonyl (C=O) groups excluding carboxylic acids is 1. The van der Waals surface area contributed by atoms with Gasteiger partial charge in [0.05, 0.1) is 13.7 Å². The molecule has 4 nitrogen and oxygen atoms in total. The molecule has 0 aliphatic rings. The zero-order valence-corrected chi connectivity index (χ0v) is 13.0. The molecule has 0 aromatic heterocycles. The van der Waals surface area contributed by atoms with Crippen molar-refractivity contribution in [3.05, 3.63) is 29.3 Å². The van der Waals surface area contributed by atoms with Crippen molar-refractivity contribution in [3.63, 3.8) is 0 Å². The minimum absolute atomic E-state index is 0.0324. The fourth-order valence-electron chi connectivity index (χ4n) is 2.05. The van der Waals surface area contributed by atoms with Gasteiger partial charge in [0.15, 0.2) is 0 Å². The summed E-state index contributed by atoms with van der Waals surface area (Å²) in [7, 11) is 1.66. The number of ether oxygens (including phenoxy) is 2. The molecule has 0 radical (unpaired) electrons. The number of rotatable bonds is 5. The molecule has 112 valence electrons. The summed E-state index contributed by atoms with van der Waals surface area (Å²) in [4.78, 5) is 11.6. The molecule has 4 heteroatoms. The van der Waals surface area contributed by atoms with Crippen LogP contribution in [-0.2, 0) is 21.4 Å². The molecule has 1 aromatic rings. The standard InChI is InChI=1S/C16H25NO3/c1-6-20-15(18)13(17)10-11-7-8-14(19-5)12(9-11)16(2,3)4/h7-9,13H,6,10,17H2,1-5H3. The Morgan fingerprint density at radius 1 is 1.35 bits per heavy atom. The molecule has 1 rings (SSSR count). The summed E-state index contributed by atoms with van der Waals surface area (Å²) in [5.41, 5.74) is 7.94. The predicted molar refractivity (Wildman–Crippen MR) is 80.0 cm³/mol. The van der Waals surface area contributed by atoms with Gasteiger partial charge in [0, 0.05) is 0 Å². The number of esters is 1. The van der Waals surface area contributed by atoms with Crippen molar-refractivity contribution >= 4 is 5.97 Å². The van der Waals surface area contributed by atoms with Gasteiger partial charge in [-0.25, -0.2) is 0 Å². The Bertz CT molecular complexity index is 463. The number of hydrogen-bond donors (Lipinski definition) is 1. The largest absolute Gasteiger partial charge is 0.496 e. The van der Waals surface area contributed by atoms with Crippen molar-refractivity contribution in [3.8, 4) is 5.75 Å².